The number of carbonyl (C=O) groups is 1. The summed E-state index contributed by atoms with van der Waals surface area (Å²) >= 11 is 6.15. The van der Waals surface area contributed by atoms with E-state index in [2.05, 4.69) is 24.0 Å². The van der Waals surface area contributed by atoms with Gasteiger partial charge in [-0.05, 0) is 20.9 Å². The lowest BCUT2D eigenvalue weighted by molar-refractivity contribution is 0.0533. The maximum Gasteiger partial charge on any atom is 0.259 e. The van der Waals surface area contributed by atoms with Crippen LogP contribution in [0.4, 0.5) is 0 Å². The molecule has 100 valence electrons. The van der Waals surface area contributed by atoms with Crippen molar-refractivity contribution in [3.63, 3.8) is 0 Å². The number of halogens is 1. The van der Waals surface area contributed by atoms with E-state index in [0.29, 0.717) is 16.4 Å². The molecule has 2 rings (SSSR count). The van der Waals surface area contributed by atoms with Crippen LogP contribution in [0.15, 0.2) is 0 Å². The molecule has 0 saturated carbocycles. The smallest absolute Gasteiger partial charge is 0.259 e. The van der Waals surface area contributed by atoms with Crippen LogP contribution in [0.1, 0.15) is 23.0 Å². The first-order chi connectivity index (χ1) is 8.41. The number of hydrogen-bond donors (Lipinski definition) is 0. The zero-order valence-corrected chi connectivity index (χ0v) is 12.0. The Morgan fingerprint density at radius 3 is 2.56 bits per heavy atom. The molecule has 0 aromatic carbocycles. The molecule has 1 aromatic rings. The minimum absolute atomic E-state index is 0.00815. The Morgan fingerprint density at radius 1 is 1.39 bits per heavy atom. The molecular formula is C12H19ClN4O. The van der Waals surface area contributed by atoms with Gasteiger partial charge >= 0.3 is 0 Å². The van der Waals surface area contributed by atoms with E-state index >= 15 is 0 Å². The van der Waals surface area contributed by atoms with Gasteiger partial charge in [0.05, 0.1) is 11.3 Å². The first-order valence-electron chi connectivity index (χ1n) is 6.10. The molecule has 6 heteroatoms. The van der Waals surface area contributed by atoms with Crippen molar-refractivity contribution in [1.29, 1.82) is 0 Å². The monoisotopic (exact) mass is 270 g/mol. The van der Waals surface area contributed by atoms with Crippen molar-refractivity contribution < 1.29 is 4.79 Å². The molecule has 0 radical (unpaired) electrons. The molecule has 1 aliphatic rings. The van der Waals surface area contributed by atoms with E-state index < -0.39 is 0 Å². The molecule has 0 bridgehead atoms. The predicted molar refractivity (Wildman–Crippen MR) is 71.0 cm³/mol. The number of nitrogens with zero attached hydrogens (tertiary/aromatic N) is 4. The summed E-state index contributed by atoms with van der Waals surface area (Å²) in [5.41, 5.74) is 1.23. The number of piperazine rings is 1. The molecule has 1 unspecified atom stereocenters. The van der Waals surface area contributed by atoms with Crippen LogP contribution < -0.4 is 0 Å². The summed E-state index contributed by atoms with van der Waals surface area (Å²) in [7, 11) is 3.82. The van der Waals surface area contributed by atoms with Crippen molar-refractivity contribution in [2.75, 3.05) is 26.7 Å². The van der Waals surface area contributed by atoms with Crippen molar-refractivity contribution in [2.45, 2.75) is 19.9 Å². The van der Waals surface area contributed by atoms with E-state index in [1.807, 2.05) is 11.8 Å². The summed E-state index contributed by atoms with van der Waals surface area (Å²) in [5.74, 6) is -0.00815. The fraction of sp³-hybridized carbons (Fsp3) is 0.667. The molecule has 2 heterocycles. The zero-order chi connectivity index (χ0) is 13.4. The number of likely N-dealkylation sites (N-methyl/N-ethyl adjacent to an activating group) is 1. The summed E-state index contributed by atoms with van der Waals surface area (Å²) in [6.45, 7) is 6.41. The van der Waals surface area contributed by atoms with Gasteiger partial charge in [0, 0.05) is 32.7 Å². The summed E-state index contributed by atoms with van der Waals surface area (Å²) in [5, 5.41) is 4.61. The Bertz CT molecular complexity index is 471. The number of amides is 1. The van der Waals surface area contributed by atoms with E-state index in [1.54, 1.807) is 11.7 Å². The van der Waals surface area contributed by atoms with Gasteiger partial charge in [0.1, 0.15) is 5.15 Å². The van der Waals surface area contributed by atoms with Crippen LogP contribution in [0.3, 0.4) is 0 Å². The molecule has 1 aliphatic heterocycles. The molecular weight excluding hydrogens is 252 g/mol. The van der Waals surface area contributed by atoms with Crippen LogP contribution >= 0.6 is 11.6 Å². The van der Waals surface area contributed by atoms with Gasteiger partial charge in [0.2, 0.25) is 0 Å². The molecule has 1 saturated heterocycles. The van der Waals surface area contributed by atoms with E-state index in [0.717, 1.165) is 19.6 Å². The number of carbonyl (C=O) groups excluding carboxylic acids is 1. The maximum atomic E-state index is 12.5. The van der Waals surface area contributed by atoms with Crippen LogP contribution in [0.2, 0.25) is 5.15 Å². The maximum absolute atomic E-state index is 12.5. The van der Waals surface area contributed by atoms with Crippen LogP contribution in [0.25, 0.3) is 0 Å². The van der Waals surface area contributed by atoms with Gasteiger partial charge in [-0.15, -0.1) is 0 Å². The largest absolute Gasteiger partial charge is 0.333 e. The minimum Gasteiger partial charge on any atom is -0.333 e. The lowest BCUT2D eigenvalue weighted by atomic mass is 10.1. The van der Waals surface area contributed by atoms with E-state index in [9.17, 15) is 4.79 Å². The van der Waals surface area contributed by atoms with Gasteiger partial charge in [-0.3, -0.25) is 9.48 Å². The summed E-state index contributed by atoms with van der Waals surface area (Å²) in [6, 6.07) is 0.201. The molecule has 0 spiro atoms. The first kappa shape index (κ1) is 13.4. The van der Waals surface area contributed by atoms with Gasteiger partial charge < -0.3 is 9.80 Å². The number of aryl methyl sites for hydroxylation is 2. The second-order valence-electron chi connectivity index (χ2n) is 4.98. The Labute approximate surface area is 112 Å². The second kappa shape index (κ2) is 4.90. The quantitative estimate of drug-likeness (QED) is 0.769. The van der Waals surface area contributed by atoms with Gasteiger partial charge in [-0.1, -0.05) is 11.6 Å². The predicted octanol–water partition coefficient (Wildman–Crippen LogP) is 1.16. The molecule has 1 aromatic heterocycles. The van der Waals surface area contributed by atoms with Gasteiger partial charge in [0.15, 0.2) is 0 Å². The van der Waals surface area contributed by atoms with Gasteiger partial charge in [-0.25, -0.2) is 0 Å². The molecule has 0 N–H and O–H groups in total. The van der Waals surface area contributed by atoms with Crippen molar-refractivity contribution in [1.82, 2.24) is 19.6 Å². The number of aromatic nitrogens is 2. The lowest BCUT2D eigenvalue weighted by Crippen LogP contribution is -2.52. The van der Waals surface area contributed by atoms with E-state index in [4.69, 9.17) is 11.6 Å². The van der Waals surface area contributed by atoms with Crippen molar-refractivity contribution in [2.24, 2.45) is 7.05 Å². The molecule has 18 heavy (non-hydrogen) atoms. The summed E-state index contributed by atoms with van der Waals surface area (Å²) in [6.07, 6.45) is 0. The second-order valence-corrected chi connectivity index (χ2v) is 5.34. The highest BCUT2D eigenvalue weighted by Gasteiger charge is 2.30. The van der Waals surface area contributed by atoms with Gasteiger partial charge in [0.25, 0.3) is 5.91 Å². The first-order valence-corrected chi connectivity index (χ1v) is 6.48. The number of hydrogen-bond acceptors (Lipinski definition) is 3. The lowest BCUT2D eigenvalue weighted by Gasteiger charge is -2.38. The Balaban J connectivity index is 2.26. The third-order valence-corrected chi connectivity index (χ3v) is 3.89. The summed E-state index contributed by atoms with van der Waals surface area (Å²) in [4.78, 5) is 16.7. The molecule has 1 fully saturated rings. The third kappa shape index (κ3) is 2.24. The normalized spacial score (nSPS) is 21.4. The third-order valence-electron chi connectivity index (χ3n) is 3.46. The molecule has 1 amide bonds. The highest BCUT2D eigenvalue weighted by Crippen LogP contribution is 2.22. The van der Waals surface area contributed by atoms with Crippen molar-refractivity contribution in [3.8, 4) is 0 Å². The highest BCUT2D eigenvalue weighted by atomic mass is 35.5. The van der Waals surface area contributed by atoms with Crippen LogP contribution in [-0.4, -0.2) is 58.2 Å². The average Bonchev–Trinajstić information content (AvgIpc) is 2.52. The van der Waals surface area contributed by atoms with Gasteiger partial charge in [-0.2, -0.15) is 5.10 Å². The van der Waals surface area contributed by atoms with E-state index in [-0.39, 0.29) is 11.9 Å². The van der Waals surface area contributed by atoms with Crippen molar-refractivity contribution >= 4 is 17.5 Å². The Hall–Kier alpha value is -1.07. The molecule has 0 aliphatic carbocycles. The average molecular weight is 271 g/mol. The van der Waals surface area contributed by atoms with Crippen LogP contribution in [0, 0.1) is 6.92 Å². The number of rotatable bonds is 1. The summed E-state index contributed by atoms with van der Waals surface area (Å²) < 4.78 is 1.55. The fourth-order valence-corrected chi connectivity index (χ4v) is 2.71. The Morgan fingerprint density at radius 2 is 2.06 bits per heavy atom. The Kier molecular flexibility index (Phi) is 3.64. The molecule has 5 nitrogen and oxygen atoms in total. The van der Waals surface area contributed by atoms with Crippen LogP contribution in [0.5, 0.6) is 0 Å². The highest BCUT2D eigenvalue weighted by molar-refractivity contribution is 6.33. The van der Waals surface area contributed by atoms with E-state index in [1.165, 1.54) is 0 Å². The minimum atomic E-state index is -0.00815. The topological polar surface area (TPSA) is 41.4 Å². The fourth-order valence-electron chi connectivity index (χ4n) is 2.46. The van der Waals surface area contributed by atoms with Crippen molar-refractivity contribution in [3.05, 3.63) is 16.4 Å². The molecule has 1 atom stereocenters. The van der Waals surface area contributed by atoms with Crippen LogP contribution in [-0.2, 0) is 7.05 Å². The SMILES string of the molecule is Cc1nn(C)c(Cl)c1C(=O)N1CCN(C)CC1C. The standard InChI is InChI=1S/C12H19ClN4O/c1-8-7-15(3)5-6-17(8)12(18)10-9(2)14-16(4)11(10)13/h8H,5-7H2,1-4H3. The zero-order valence-electron chi connectivity index (χ0n) is 11.3.